The zero-order valence-corrected chi connectivity index (χ0v) is 7.43. The first kappa shape index (κ1) is 9.21. The summed E-state index contributed by atoms with van der Waals surface area (Å²) in [5, 5.41) is -0.00461. The fourth-order valence-electron chi connectivity index (χ4n) is 0.660. The van der Waals surface area contributed by atoms with Crippen molar-refractivity contribution in [1.29, 1.82) is 0 Å². The number of nitrogens with two attached hydrogens (primary N) is 2. The van der Waals surface area contributed by atoms with Gasteiger partial charge in [-0.2, -0.15) is 4.99 Å². The van der Waals surface area contributed by atoms with Crippen LogP contribution in [0.25, 0.3) is 0 Å². The number of hydrogen-bond acceptors (Lipinski definition) is 2. The molecule has 0 aromatic heterocycles. The summed E-state index contributed by atoms with van der Waals surface area (Å²) >= 11 is 4.50. The molecule has 68 valence electrons. The second-order valence-electron chi connectivity index (χ2n) is 2.69. The van der Waals surface area contributed by atoms with Gasteiger partial charge in [0.15, 0.2) is 5.11 Å². The molecule has 0 aromatic carbocycles. The molecule has 1 aliphatic rings. The van der Waals surface area contributed by atoms with E-state index in [4.69, 9.17) is 16.3 Å². The van der Waals surface area contributed by atoms with Crippen molar-refractivity contribution >= 4 is 23.3 Å². The summed E-state index contributed by atoms with van der Waals surface area (Å²) in [6.45, 7) is 0.660. The summed E-state index contributed by atoms with van der Waals surface area (Å²) in [4.78, 5) is 8.56. The third kappa shape index (κ3) is 4.09. The predicted molar refractivity (Wildman–Crippen MR) is 50.2 cm³/mol. The zero-order chi connectivity index (χ0) is 8.97. The Morgan fingerprint density at radius 2 is 2.25 bits per heavy atom. The Morgan fingerprint density at radius 3 is 2.75 bits per heavy atom. The van der Waals surface area contributed by atoms with Crippen molar-refractivity contribution in [3.8, 4) is 0 Å². The summed E-state index contributed by atoms with van der Waals surface area (Å²) < 4.78 is 0. The highest BCUT2D eigenvalue weighted by Gasteiger charge is 2.21. The molecule has 0 bridgehead atoms. The van der Waals surface area contributed by atoms with Crippen LogP contribution >= 0.6 is 12.2 Å². The normalized spacial score (nSPS) is 17.5. The summed E-state index contributed by atoms with van der Waals surface area (Å²) in [6.07, 6.45) is 2.46. The maximum atomic E-state index is 5.33. The van der Waals surface area contributed by atoms with Gasteiger partial charge in [-0.1, -0.05) is 0 Å². The van der Waals surface area contributed by atoms with E-state index in [0.717, 1.165) is 0 Å². The molecule has 5 N–H and O–H groups in total. The van der Waals surface area contributed by atoms with E-state index in [0.29, 0.717) is 12.5 Å². The standard InChI is InChI=1S/C6H12N4OS/c7-5(9-6(8)12)10-11-3-4-1-2-4/h4H,1-3H2,(H5,7,8,9,10,12). The van der Waals surface area contributed by atoms with E-state index in [1.165, 1.54) is 12.8 Å². The van der Waals surface area contributed by atoms with Crippen molar-refractivity contribution in [3.63, 3.8) is 0 Å². The molecule has 0 spiro atoms. The van der Waals surface area contributed by atoms with Crippen LogP contribution in [0.1, 0.15) is 12.8 Å². The highest BCUT2D eigenvalue weighted by atomic mass is 32.1. The Hall–Kier alpha value is -0.880. The third-order valence-electron chi connectivity index (χ3n) is 1.42. The molecule has 6 heteroatoms. The number of nitrogens with zero attached hydrogens (tertiary/aromatic N) is 1. The number of hydrogen-bond donors (Lipinski definition) is 3. The Morgan fingerprint density at radius 1 is 1.58 bits per heavy atom. The molecule has 1 aliphatic carbocycles. The van der Waals surface area contributed by atoms with Crippen LogP contribution in [0.4, 0.5) is 0 Å². The highest BCUT2D eigenvalue weighted by Crippen LogP contribution is 2.28. The first-order valence-corrected chi connectivity index (χ1v) is 4.10. The third-order valence-corrected chi connectivity index (χ3v) is 1.51. The average Bonchev–Trinajstić information content (AvgIpc) is 2.69. The van der Waals surface area contributed by atoms with E-state index in [2.05, 4.69) is 22.7 Å². The Balaban J connectivity index is 2.07. The lowest BCUT2D eigenvalue weighted by atomic mass is 10.5. The van der Waals surface area contributed by atoms with Crippen LogP contribution < -0.4 is 16.9 Å². The predicted octanol–water partition coefficient (Wildman–Crippen LogP) is -0.524. The van der Waals surface area contributed by atoms with Gasteiger partial charge in [-0.25, -0.2) is 5.48 Å². The Kier molecular flexibility index (Phi) is 3.24. The lowest BCUT2D eigenvalue weighted by Gasteiger charge is -2.03. The van der Waals surface area contributed by atoms with Gasteiger partial charge < -0.3 is 11.5 Å². The monoisotopic (exact) mass is 188 g/mol. The molecule has 0 amide bonds. The molecule has 0 heterocycles. The van der Waals surface area contributed by atoms with Crippen LogP contribution in [0.3, 0.4) is 0 Å². The summed E-state index contributed by atoms with van der Waals surface area (Å²) in [7, 11) is 0. The molecule has 0 unspecified atom stereocenters. The second kappa shape index (κ2) is 4.22. The first-order valence-electron chi connectivity index (χ1n) is 3.70. The van der Waals surface area contributed by atoms with Crippen molar-refractivity contribution < 1.29 is 4.84 Å². The minimum absolute atomic E-state index is 0.00461. The quantitative estimate of drug-likeness (QED) is 0.240. The lowest BCUT2D eigenvalue weighted by molar-refractivity contribution is 0.0756. The van der Waals surface area contributed by atoms with E-state index in [9.17, 15) is 0 Å². The first-order chi connectivity index (χ1) is 5.68. The molecule has 1 saturated carbocycles. The number of nitrogens with one attached hydrogen (secondary N) is 1. The molecule has 0 atom stereocenters. The number of thiocarbonyl (C=S) groups is 1. The van der Waals surface area contributed by atoms with Gasteiger partial charge in [-0.15, -0.1) is 0 Å². The minimum Gasteiger partial charge on any atom is -0.374 e. The lowest BCUT2D eigenvalue weighted by Crippen LogP contribution is -2.33. The van der Waals surface area contributed by atoms with E-state index < -0.39 is 0 Å². The van der Waals surface area contributed by atoms with Crippen LogP contribution in [0.2, 0.25) is 0 Å². The largest absolute Gasteiger partial charge is 0.374 e. The van der Waals surface area contributed by atoms with Crippen molar-refractivity contribution in [2.75, 3.05) is 6.61 Å². The van der Waals surface area contributed by atoms with Crippen LogP contribution in [0.5, 0.6) is 0 Å². The van der Waals surface area contributed by atoms with Crippen LogP contribution in [0, 0.1) is 5.92 Å². The van der Waals surface area contributed by atoms with Gasteiger partial charge in [-0.3, -0.25) is 4.84 Å². The minimum atomic E-state index is -0.00461. The van der Waals surface area contributed by atoms with Crippen LogP contribution in [-0.2, 0) is 4.84 Å². The molecule has 1 fully saturated rings. The molecule has 12 heavy (non-hydrogen) atoms. The van der Waals surface area contributed by atoms with E-state index in [1.807, 2.05) is 0 Å². The van der Waals surface area contributed by atoms with E-state index >= 15 is 0 Å². The number of aliphatic imine (C=N–C) groups is 1. The molecular formula is C6H12N4OS. The maximum absolute atomic E-state index is 5.33. The molecule has 0 aromatic rings. The summed E-state index contributed by atoms with van der Waals surface area (Å²) in [5.74, 6) is 0.776. The zero-order valence-electron chi connectivity index (χ0n) is 6.62. The fraction of sp³-hybridized carbons (Fsp3) is 0.667. The summed E-state index contributed by atoms with van der Waals surface area (Å²) in [6, 6.07) is 0. The second-order valence-corrected chi connectivity index (χ2v) is 3.11. The van der Waals surface area contributed by atoms with E-state index in [1.54, 1.807) is 0 Å². The number of guanidine groups is 1. The van der Waals surface area contributed by atoms with Crippen LogP contribution in [-0.4, -0.2) is 17.7 Å². The van der Waals surface area contributed by atoms with Crippen molar-refractivity contribution in [2.24, 2.45) is 22.4 Å². The Labute approximate surface area is 76.1 Å². The number of hydroxylamine groups is 1. The average molecular weight is 188 g/mol. The summed E-state index contributed by atoms with van der Waals surface area (Å²) in [5.41, 5.74) is 12.9. The molecule has 0 saturated heterocycles. The van der Waals surface area contributed by atoms with Gasteiger partial charge in [-0.05, 0) is 31.0 Å². The molecular weight excluding hydrogens is 176 g/mol. The molecule has 0 radical (unpaired) electrons. The van der Waals surface area contributed by atoms with Gasteiger partial charge in [0, 0.05) is 0 Å². The fourth-order valence-corrected chi connectivity index (χ4v) is 0.758. The van der Waals surface area contributed by atoms with E-state index in [-0.39, 0.29) is 11.1 Å². The van der Waals surface area contributed by atoms with Gasteiger partial charge in [0.2, 0.25) is 5.96 Å². The number of rotatable bonds is 3. The molecule has 1 rings (SSSR count). The maximum Gasteiger partial charge on any atom is 0.220 e. The van der Waals surface area contributed by atoms with Crippen molar-refractivity contribution in [3.05, 3.63) is 0 Å². The topological polar surface area (TPSA) is 85.7 Å². The highest BCUT2D eigenvalue weighted by molar-refractivity contribution is 7.80. The van der Waals surface area contributed by atoms with Crippen LogP contribution in [0.15, 0.2) is 4.99 Å². The Bertz CT molecular complexity index is 202. The van der Waals surface area contributed by atoms with Crippen molar-refractivity contribution in [2.45, 2.75) is 12.8 Å². The van der Waals surface area contributed by atoms with Gasteiger partial charge in [0.25, 0.3) is 0 Å². The molecule has 0 aliphatic heterocycles. The molecule has 5 nitrogen and oxygen atoms in total. The van der Waals surface area contributed by atoms with Crippen molar-refractivity contribution in [1.82, 2.24) is 5.48 Å². The SMILES string of the molecule is NC(=S)/N=C(\N)NOCC1CC1. The van der Waals surface area contributed by atoms with Gasteiger partial charge in [0.05, 0.1) is 6.61 Å². The van der Waals surface area contributed by atoms with Gasteiger partial charge in [0.1, 0.15) is 0 Å². The smallest absolute Gasteiger partial charge is 0.220 e. The van der Waals surface area contributed by atoms with Gasteiger partial charge >= 0.3 is 0 Å².